The van der Waals surface area contributed by atoms with E-state index in [1.165, 1.54) is 24.1 Å². The molecule has 1 aromatic rings. The van der Waals surface area contributed by atoms with Crippen LogP contribution in [-0.2, 0) is 5.41 Å². The van der Waals surface area contributed by atoms with E-state index >= 15 is 0 Å². The van der Waals surface area contributed by atoms with Gasteiger partial charge in [0.05, 0.1) is 0 Å². The van der Waals surface area contributed by atoms with Crippen LogP contribution in [0.15, 0.2) is 18.3 Å². The molecule has 1 fully saturated rings. The van der Waals surface area contributed by atoms with E-state index in [0.29, 0.717) is 0 Å². The first-order valence-electron chi connectivity index (χ1n) is 4.84. The third-order valence-corrected chi connectivity index (χ3v) is 3.09. The second-order valence-electron chi connectivity index (χ2n) is 4.16. The highest BCUT2D eigenvalue weighted by Crippen LogP contribution is 2.49. The van der Waals surface area contributed by atoms with E-state index in [-0.39, 0.29) is 11.5 Å². The molecule has 0 aromatic carbocycles. The Bertz CT molecular complexity index is 314. The molecule has 2 nitrogen and oxygen atoms in total. The van der Waals surface area contributed by atoms with Gasteiger partial charge in [0.15, 0.2) is 0 Å². The van der Waals surface area contributed by atoms with Crippen LogP contribution in [0.2, 0.25) is 0 Å². The van der Waals surface area contributed by atoms with Crippen LogP contribution in [-0.4, -0.2) is 11.0 Å². The Morgan fingerprint density at radius 3 is 2.69 bits per heavy atom. The van der Waals surface area contributed by atoms with Gasteiger partial charge in [0.2, 0.25) is 0 Å². The molecule has 2 heteroatoms. The van der Waals surface area contributed by atoms with E-state index in [9.17, 15) is 0 Å². The van der Waals surface area contributed by atoms with Crippen molar-refractivity contribution in [2.45, 2.75) is 38.1 Å². The van der Waals surface area contributed by atoms with Gasteiger partial charge in [-0.3, -0.25) is 4.98 Å². The lowest BCUT2D eigenvalue weighted by molar-refractivity contribution is 0.542. The average molecular weight is 176 g/mol. The van der Waals surface area contributed by atoms with Gasteiger partial charge < -0.3 is 5.73 Å². The van der Waals surface area contributed by atoms with Crippen LogP contribution in [0.4, 0.5) is 0 Å². The van der Waals surface area contributed by atoms with E-state index < -0.39 is 0 Å². The molecule has 13 heavy (non-hydrogen) atoms. The van der Waals surface area contributed by atoms with Crippen molar-refractivity contribution in [1.29, 1.82) is 0 Å². The maximum atomic E-state index is 5.97. The van der Waals surface area contributed by atoms with E-state index in [1.54, 1.807) is 0 Å². The molecule has 0 amide bonds. The van der Waals surface area contributed by atoms with Crippen molar-refractivity contribution in [3.8, 4) is 0 Å². The summed E-state index contributed by atoms with van der Waals surface area (Å²) >= 11 is 0. The molecule has 0 saturated heterocycles. The van der Waals surface area contributed by atoms with Crippen molar-refractivity contribution < 1.29 is 0 Å². The smallest absolute Gasteiger partial charge is 0.0483 e. The van der Waals surface area contributed by atoms with E-state index in [4.69, 9.17) is 5.73 Å². The summed E-state index contributed by atoms with van der Waals surface area (Å²) in [5.41, 5.74) is 8.63. The van der Waals surface area contributed by atoms with Crippen molar-refractivity contribution >= 4 is 0 Å². The van der Waals surface area contributed by atoms with Gasteiger partial charge in [0.1, 0.15) is 0 Å². The zero-order chi connectivity index (χ0) is 9.47. The molecular weight excluding hydrogens is 160 g/mol. The summed E-state index contributed by atoms with van der Waals surface area (Å²) in [7, 11) is 0. The lowest BCUT2D eigenvalue weighted by Crippen LogP contribution is -2.32. The standard InChI is InChI=1S/C11H16N2/c1-8-3-6-13-10(7-8)11(4-5-11)9(2)12/h3,6-7,9H,4-5,12H2,1-2H3. The largest absolute Gasteiger partial charge is 0.327 e. The highest BCUT2D eigenvalue weighted by molar-refractivity contribution is 5.30. The fourth-order valence-corrected chi connectivity index (χ4v) is 1.89. The molecule has 0 radical (unpaired) electrons. The summed E-state index contributed by atoms with van der Waals surface area (Å²) < 4.78 is 0. The van der Waals surface area contributed by atoms with Crippen LogP contribution in [0, 0.1) is 6.92 Å². The zero-order valence-electron chi connectivity index (χ0n) is 8.25. The Balaban J connectivity index is 2.35. The molecule has 1 heterocycles. The maximum absolute atomic E-state index is 5.97. The third kappa shape index (κ3) is 1.35. The Morgan fingerprint density at radius 2 is 2.23 bits per heavy atom. The van der Waals surface area contributed by atoms with Crippen molar-refractivity contribution in [2.75, 3.05) is 0 Å². The minimum Gasteiger partial charge on any atom is -0.327 e. The number of rotatable bonds is 2. The quantitative estimate of drug-likeness (QED) is 0.745. The number of nitrogens with two attached hydrogens (primary N) is 1. The van der Waals surface area contributed by atoms with Gasteiger partial charge in [-0.1, -0.05) is 0 Å². The normalized spacial score (nSPS) is 21.2. The van der Waals surface area contributed by atoms with Crippen LogP contribution < -0.4 is 5.73 Å². The fraction of sp³-hybridized carbons (Fsp3) is 0.545. The Kier molecular flexibility index (Phi) is 1.88. The highest BCUT2D eigenvalue weighted by atomic mass is 14.8. The van der Waals surface area contributed by atoms with Gasteiger partial charge in [0, 0.05) is 23.3 Å². The monoisotopic (exact) mass is 176 g/mol. The third-order valence-electron chi connectivity index (χ3n) is 3.09. The summed E-state index contributed by atoms with van der Waals surface area (Å²) in [6.07, 6.45) is 4.27. The first-order valence-corrected chi connectivity index (χ1v) is 4.84. The van der Waals surface area contributed by atoms with Crippen LogP contribution in [0.25, 0.3) is 0 Å². The molecule has 0 aliphatic heterocycles. The van der Waals surface area contributed by atoms with Crippen molar-refractivity contribution in [3.05, 3.63) is 29.6 Å². The van der Waals surface area contributed by atoms with Crippen molar-refractivity contribution in [2.24, 2.45) is 5.73 Å². The number of aryl methyl sites for hydroxylation is 1. The highest BCUT2D eigenvalue weighted by Gasteiger charge is 2.48. The summed E-state index contributed by atoms with van der Waals surface area (Å²) in [6.45, 7) is 4.18. The van der Waals surface area contributed by atoms with E-state index in [2.05, 4.69) is 24.9 Å². The Labute approximate surface area is 79.2 Å². The Hall–Kier alpha value is -0.890. The number of pyridine rings is 1. The van der Waals surface area contributed by atoms with Gasteiger partial charge in [0.25, 0.3) is 0 Å². The van der Waals surface area contributed by atoms with E-state index in [0.717, 1.165) is 0 Å². The lowest BCUT2D eigenvalue weighted by Gasteiger charge is -2.18. The second kappa shape index (κ2) is 2.81. The molecule has 1 aliphatic carbocycles. The molecule has 2 N–H and O–H groups in total. The van der Waals surface area contributed by atoms with Crippen molar-refractivity contribution in [1.82, 2.24) is 4.98 Å². The summed E-state index contributed by atoms with van der Waals surface area (Å²) in [5, 5.41) is 0. The molecule has 0 bridgehead atoms. The first kappa shape index (κ1) is 8.70. The average Bonchev–Trinajstić information content (AvgIpc) is 2.83. The molecule has 1 saturated carbocycles. The van der Waals surface area contributed by atoms with Crippen LogP contribution >= 0.6 is 0 Å². The minimum atomic E-state index is 0.200. The maximum Gasteiger partial charge on any atom is 0.0483 e. The molecule has 2 rings (SSSR count). The molecule has 1 aliphatic rings. The minimum absolute atomic E-state index is 0.200. The summed E-state index contributed by atoms with van der Waals surface area (Å²) in [5.74, 6) is 0. The Morgan fingerprint density at radius 1 is 1.54 bits per heavy atom. The van der Waals surface area contributed by atoms with Crippen LogP contribution in [0.3, 0.4) is 0 Å². The van der Waals surface area contributed by atoms with E-state index in [1.807, 2.05) is 12.3 Å². The molecule has 1 aromatic heterocycles. The van der Waals surface area contributed by atoms with Gasteiger partial charge in [-0.05, 0) is 44.4 Å². The van der Waals surface area contributed by atoms with Gasteiger partial charge in [-0.25, -0.2) is 0 Å². The topological polar surface area (TPSA) is 38.9 Å². The molecule has 70 valence electrons. The molecule has 1 unspecified atom stereocenters. The fourth-order valence-electron chi connectivity index (χ4n) is 1.89. The number of hydrogen-bond donors (Lipinski definition) is 1. The predicted molar refractivity (Wildman–Crippen MR) is 53.5 cm³/mol. The number of aromatic nitrogens is 1. The number of nitrogens with zero attached hydrogens (tertiary/aromatic N) is 1. The number of hydrogen-bond acceptors (Lipinski definition) is 2. The van der Waals surface area contributed by atoms with Crippen molar-refractivity contribution in [3.63, 3.8) is 0 Å². The zero-order valence-corrected chi connectivity index (χ0v) is 8.25. The molecular formula is C11H16N2. The summed E-state index contributed by atoms with van der Waals surface area (Å²) in [4.78, 5) is 4.42. The van der Waals surface area contributed by atoms with Crippen LogP contribution in [0.5, 0.6) is 0 Å². The second-order valence-corrected chi connectivity index (χ2v) is 4.16. The van der Waals surface area contributed by atoms with Gasteiger partial charge in [-0.2, -0.15) is 0 Å². The lowest BCUT2D eigenvalue weighted by atomic mass is 9.93. The van der Waals surface area contributed by atoms with Crippen LogP contribution in [0.1, 0.15) is 31.0 Å². The SMILES string of the molecule is Cc1ccnc(C2(C(C)N)CC2)c1. The van der Waals surface area contributed by atoms with Gasteiger partial charge in [-0.15, -0.1) is 0 Å². The van der Waals surface area contributed by atoms with Gasteiger partial charge >= 0.3 is 0 Å². The first-order chi connectivity index (χ1) is 6.15. The molecule has 0 spiro atoms. The predicted octanol–water partition coefficient (Wildman–Crippen LogP) is 1.77. The molecule has 1 atom stereocenters. The summed E-state index contributed by atoms with van der Waals surface area (Å²) in [6, 6.07) is 4.42.